The molecule has 6 heteroatoms. The molecule has 1 aliphatic rings. The van der Waals surface area contributed by atoms with Gasteiger partial charge in [-0.25, -0.2) is 4.39 Å². The number of hydrogen-bond donors (Lipinski definition) is 1. The Balaban J connectivity index is 1.43. The van der Waals surface area contributed by atoms with Gasteiger partial charge in [-0.15, -0.1) is 0 Å². The molecule has 1 fully saturated rings. The number of halogens is 2. The first-order valence-corrected chi connectivity index (χ1v) is 8.77. The Bertz CT molecular complexity index is 718. The third-order valence-electron chi connectivity index (χ3n) is 4.35. The van der Waals surface area contributed by atoms with Gasteiger partial charge in [0.25, 0.3) is 0 Å². The number of para-hydroxylation sites is 1. The SMILES string of the molecule is O=C(CCN1CCN(c2ccccc2)CC1)Nc1ccc(Cl)cc1F. The number of hydrogen-bond acceptors (Lipinski definition) is 3. The molecule has 0 aliphatic carbocycles. The zero-order chi connectivity index (χ0) is 17.6. The molecule has 0 unspecified atom stereocenters. The van der Waals surface area contributed by atoms with Crippen molar-refractivity contribution in [2.75, 3.05) is 42.9 Å². The molecule has 0 bridgehead atoms. The highest BCUT2D eigenvalue weighted by Crippen LogP contribution is 2.19. The molecule has 0 atom stereocenters. The van der Waals surface area contributed by atoms with Crippen molar-refractivity contribution < 1.29 is 9.18 Å². The van der Waals surface area contributed by atoms with E-state index in [-0.39, 0.29) is 11.6 Å². The molecule has 0 aromatic heterocycles. The van der Waals surface area contributed by atoms with Crippen molar-refractivity contribution in [1.82, 2.24) is 4.90 Å². The summed E-state index contributed by atoms with van der Waals surface area (Å²) in [6, 6.07) is 14.6. The Labute approximate surface area is 152 Å². The third kappa shape index (κ3) is 4.94. The monoisotopic (exact) mass is 361 g/mol. The largest absolute Gasteiger partial charge is 0.369 e. The van der Waals surface area contributed by atoms with Crippen LogP contribution in [0.15, 0.2) is 48.5 Å². The lowest BCUT2D eigenvalue weighted by molar-refractivity contribution is -0.116. The van der Waals surface area contributed by atoms with Crippen LogP contribution < -0.4 is 10.2 Å². The van der Waals surface area contributed by atoms with E-state index in [4.69, 9.17) is 11.6 Å². The van der Waals surface area contributed by atoms with Gasteiger partial charge in [-0.1, -0.05) is 29.8 Å². The Morgan fingerprint density at radius 3 is 2.48 bits per heavy atom. The first-order chi connectivity index (χ1) is 12.1. The lowest BCUT2D eigenvalue weighted by Gasteiger charge is -2.36. The van der Waals surface area contributed by atoms with Crippen LogP contribution in [0.3, 0.4) is 0 Å². The van der Waals surface area contributed by atoms with Crippen molar-refractivity contribution >= 4 is 28.9 Å². The number of carbonyl (C=O) groups is 1. The molecule has 1 saturated heterocycles. The van der Waals surface area contributed by atoms with Crippen molar-refractivity contribution in [3.8, 4) is 0 Å². The smallest absolute Gasteiger partial charge is 0.225 e. The average molecular weight is 362 g/mol. The molecular weight excluding hydrogens is 341 g/mol. The van der Waals surface area contributed by atoms with Crippen molar-refractivity contribution in [3.05, 3.63) is 59.4 Å². The molecule has 0 radical (unpaired) electrons. The highest BCUT2D eigenvalue weighted by molar-refractivity contribution is 6.30. The van der Waals surface area contributed by atoms with Gasteiger partial charge in [0.15, 0.2) is 0 Å². The maximum atomic E-state index is 13.7. The van der Waals surface area contributed by atoms with E-state index in [2.05, 4.69) is 27.2 Å². The van der Waals surface area contributed by atoms with Crippen LogP contribution in [-0.4, -0.2) is 43.5 Å². The van der Waals surface area contributed by atoms with Crippen LogP contribution in [0.1, 0.15) is 6.42 Å². The number of piperazine rings is 1. The summed E-state index contributed by atoms with van der Waals surface area (Å²) in [5.74, 6) is -0.705. The Morgan fingerprint density at radius 1 is 1.08 bits per heavy atom. The maximum absolute atomic E-state index is 13.7. The van der Waals surface area contributed by atoms with Gasteiger partial charge in [-0.05, 0) is 30.3 Å². The van der Waals surface area contributed by atoms with E-state index in [1.165, 1.54) is 17.8 Å². The number of benzene rings is 2. The van der Waals surface area contributed by atoms with Gasteiger partial charge >= 0.3 is 0 Å². The Hall–Kier alpha value is -2.11. The van der Waals surface area contributed by atoms with E-state index in [9.17, 15) is 9.18 Å². The second-order valence-electron chi connectivity index (χ2n) is 6.09. The van der Waals surface area contributed by atoms with Gasteiger partial charge in [0, 0.05) is 49.9 Å². The topological polar surface area (TPSA) is 35.6 Å². The van der Waals surface area contributed by atoms with Crippen molar-refractivity contribution in [2.24, 2.45) is 0 Å². The van der Waals surface area contributed by atoms with Crippen molar-refractivity contribution in [3.63, 3.8) is 0 Å². The maximum Gasteiger partial charge on any atom is 0.225 e. The summed E-state index contributed by atoms with van der Waals surface area (Å²) in [6.45, 7) is 4.38. The number of nitrogens with zero attached hydrogens (tertiary/aromatic N) is 2. The normalized spacial score (nSPS) is 15.2. The minimum atomic E-state index is -0.516. The van der Waals surface area contributed by atoms with E-state index < -0.39 is 5.82 Å². The molecular formula is C19H21ClFN3O. The fourth-order valence-corrected chi connectivity index (χ4v) is 3.09. The fraction of sp³-hybridized carbons (Fsp3) is 0.316. The summed E-state index contributed by atoms with van der Waals surface area (Å²) in [5, 5.41) is 2.91. The van der Waals surface area contributed by atoms with Crippen molar-refractivity contribution in [2.45, 2.75) is 6.42 Å². The lowest BCUT2D eigenvalue weighted by Crippen LogP contribution is -2.47. The number of amides is 1. The second kappa shape index (κ2) is 8.32. The molecule has 1 N–H and O–H groups in total. The zero-order valence-electron chi connectivity index (χ0n) is 13.9. The summed E-state index contributed by atoms with van der Waals surface area (Å²) in [6.07, 6.45) is 0.341. The second-order valence-corrected chi connectivity index (χ2v) is 6.52. The number of anilines is 2. The summed E-state index contributed by atoms with van der Waals surface area (Å²) >= 11 is 5.71. The van der Waals surface area contributed by atoms with Gasteiger partial charge < -0.3 is 10.2 Å². The molecule has 2 aromatic rings. The molecule has 0 saturated carbocycles. The van der Waals surface area contributed by atoms with Crippen LogP contribution in [-0.2, 0) is 4.79 Å². The van der Waals surface area contributed by atoms with Gasteiger partial charge in [0.05, 0.1) is 5.69 Å². The zero-order valence-corrected chi connectivity index (χ0v) is 14.7. The van der Waals surface area contributed by atoms with E-state index in [0.29, 0.717) is 18.0 Å². The van der Waals surface area contributed by atoms with Crippen LogP contribution in [0.5, 0.6) is 0 Å². The fourth-order valence-electron chi connectivity index (χ4n) is 2.93. The van der Waals surface area contributed by atoms with Crippen LogP contribution in [0, 0.1) is 5.82 Å². The molecule has 1 aliphatic heterocycles. The van der Waals surface area contributed by atoms with E-state index >= 15 is 0 Å². The number of rotatable bonds is 5. The summed E-state index contributed by atoms with van der Waals surface area (Å²) in [7, 11) is 0. The highest BCUT2D eigenvalue weighted by atomic mass is 35.5. The molecule has 1 heterocycles. The molecule has 132 valence electrons. The molecule has 0 spiro atoms. The lowest BCUT2D eigenvalue weighted by atomic mass is 10.2. The van der Waals surface area contributed by atoms with Crippen LogP contribution >= 0.6 is 11.6 Å². The number of carbonyl (C=O) groups excluding carboxylic acids is 1. The predicted molar refractivity (Wildman–Crippen MR) is 99.8 cm³/mol. The summed E-state index contributed by atoms with van der Waals surface area (Å²) in [4.78, 5) is 16.6. The first-order valence-electron chi connectivity index (χ1n) is 8.39. The average Bonchev–Trinajstić information content (AvgIpc) is 2.63. The first kappa shape index (κ1) is 17.7. The standard InChI is InChI=1S/C19H21ClFN3O/c20-15-6-7-18(17(21)14-15)22-19(25)8-9-23-10-12-24(13-11-23)16-4-2-1-3-5-16/h1-7,14H,8-13H2,(H,22,25). The van der Waals surface area contributed by atoms with Gasteiger partial charge in [0.1, 0.15) is 5.82 Å². The molecule has 1 amide bonds. The van der Waals surface area contributed by atoms with E-state index in [1.54, 1.807) is 6.07 Å². The Morgan fingerprint density at radius 2 is 1.80 bits per heavy atom. The summed E-state index contributed by atoms with van der Waals surface area (Å²) in [5.41, 5.74) is 1.40. The number of nitrogens with one attached hydrogen (secondary N) is 1. The molecule has 4 nitrogen and oxygen atoms in total. The van der Waals surface area contributed by atoms with E-state index in [1.807, 2.05) is 18.2 Å². The summed E-state index contributed by atoms with van der Waals surface area (Å²) < 4.78 is 13.7. The predicted octanol–water partition coefficient (Wildman–Crippen LogP) is 3.63. The van der Waals surface area contributed by atoms with Crippen LogP contribution in [0.2, 0.25) is 5.02 Å². The highest BCUT2D eigenvalue weighted by Gasteiger charge is 2.18. The quantitative estimate of drug-likeness (QED) is 0.883. The third-order valence-corrected chi connectivity index (χ3v) is 4.59. The minimum absolute atomic E-state index is 0.170. The van der Waals surface area contributed by atoms with E-state index in [0.717, 1.165) is 26.2 Å². The van der Waals surface area contributed by atoms with Gasteiger partial charge in [-0.2, -0.15) is 0 Å². The van der Waals surface area contributed by atoms with Crippen LogP contribution in [0.4, 0.5) is 15.8 Å². The van der Waals surface area contributed by atoms with Gasteiger partial charge in [0.2, 0.25) is 5.91 Å². The molecule has 2 aromatic carbocycles. The van der Waals surface area contributed by atoms with Crippen LogP contribution in [0.25, 0.3) is 0 Å². The minimum Gasteiger partial charge on any atom is -0.369 e. The molecule has 3 rings (SSSR count). The Kier molecular flexibility index (Phi) is 5.89. The van der Waals surface area contributed by atoms with Gasteiger partial charge in [-0.3, -0.25) is 9.69 Å². The van der Waals surface area contributed by atoms with Crippen molar-refractivity contribution in [1.29, 1.82) is 0 Å². The molecule has 25 heavy (non-hydrogen) atoms.